The van der Waals surface area contributed by atoms with Crippen LogP contribution in [-0.4, -0.2) is 29.6 Å². The summed E-state index contributed by atoms with van der Waals surface area (Å²) in [6.45, 7) is -2.85. The Morgan fingerprint density at radius 1 is 1.27 bits per heavy atom. The molecule has 7 heteroatoms. The Labute approximate surface area is 126 Å². The number of alkyl halides is 2. The van der Waals surface area contributed by atoms with Crippen molar-refractivity contribution in [2.24, 2.45) is 5.92 Å². The number of ether oxygens (including phenoxy) is 1. The van der Waals surface area contributed by atoms with Gasteiger partial charge in [0.15, 0.2) is 0 Å². The van der Waals surface area contributed by atoms with Crippen LogP contribution in [0.4, 0.5) is 8.78 Å². The zero-order valence-electron chi connectivity index (χ0n) is 11.8. The molecule has 2 N–H and O–H groups in total. The third-order valence-corrected chi connectivity index (χ3v) is 3.64. The predicted molar refractivity (Wildman–Crippen MR) is 73.7 cm³/mol. The average Bonchev–Trinajstić information content (AvgIpc) is 2.40. The smallest absolute Gasteiger partial charge is 0.387 e. The van der Waals surface area contributed by atoms with Crippen molar-refractivity contribution in [3.63, 3.8) is 0 Å². The number of rotatable bonds is 7. The van der Waals surface area contributed by atoms with E-state index in [1.54, 1.807) is 12.1 Å². The molecule has 1 aromatic carbocycles. The van der Waals surface area contributed by atoms with Gasteiger partial charge in [-0.3, -0.25) is 9.59 Å². The zero-order chi connectivity index (χ0) is 16.1. The molecule has 1 aliphatic carbocycles. The topological polar surface area (TPSA) is 75.6 Å². The van der Waals surface area contributed by atoms with Crippen molar-refractivity contribution >= 4 is 11.9 Å². The number of nitrogens with one attached hydrogen (secondary N) is 1. The molecule has 0 aromatic heterocycles. The summed E-state index contributed by atoms with van der Waals surface area (Å²) in [5.41, 5.74) is 0.841. The standard InChI is InChI=1S/C15H17F2NO4/c16-15(17)22-12-4-1-9(2-5-12)3-6-13(19)18-11-7-10(8-11)14(20)21/h1-2,4-5,10-11,15H,3,6-8H2,(H,18,19)(H,20,21). The van der Waals surface area contributed by atoms with Gasteiger partial charge in [-0.15, -0.1) is 0 Å². The van der Waals surface area contributed by atoms with Gasteiger partial charge in [-0.05, 0) is 37.0 Å². The van der Waals surface area contributed by atoms with Crippen LogP contribution in [0.2, 0.25) is 0 Å². The fraction of sp³-hybridized carbons (Fsp3) is 0.467. The number of aliphatic carboxylic acids is 1. The van der Waals surface area contributed by atoms with Crippen LogP contribution in [0, 0.1) is 5.92 Å². The molecular formula is C15H17F2NO4. The minimum atomic E-state index is -2.85. The number of carbonyl (C=O) groups is 2. The van der Waals surface area contributed by atoms with Crippen molar-refractivity contribution in [1.82, 2.24) is 5.32 Å². The molecule has 1 aromatic rings. The Hall–Kier alpha value is -2.18. The summed E-state index contributed by atoms with van der Waals surface area (Å²) in [5.74, 6) is -1.23. The maximum absolute atomic E-state index is 12.0. The van der Waals surface area contributed by atoms with Gasteiger partial charge in [0.2, 0.25) is 5.91 Å². The first-order valence-electron chi connectivity index (χ1n) is 7.00. The molecule has 0 atom stereocenters. The van der Waals surface area contributed by atoms with Crippen LogP contribution in [0.5, 0.6) is 5.75 Å². The molecule has 0 radical (unpaired) electrons. The largest absolute Gasteiger partial charge is 0.481 e. The van der Waals surface area contributed by atoms with Gasteiger partial charge in [-0.2, -0.15) is 8.78 Å². The second-order valence-corrected chi connectivity index (χ2v) is 5.29. The Bertz CT molecular complexity index is 527. The van der Waals surface area contributed by atoms with E-state index in [1.807, 2.05) is 0 Å². The summed E-state index contributed by atoms with van der Waals surface area (Å²) in [5, 5.41) is 11.5. The number of carboxylic acids is 1. The Morgan fingerprint density at radius 2 is 1.91 bits per heavy atom. The maximum Gasteiger partial charge on any atom is 0.387 e. The maximum atomic E-state index is 12.0. The molecule has 120 valence electrons. The average molecular weight is 313 g/mol. The van der Waals surface area contributed by atoms with E-state index in [4.69, 9.17) is 5.11 Å². The van der Waals surface area contributed by atoms with E-state index in [0.29, 0.717) is 19.3 Å². The van der Waals surface area contributed by atoms with Crippen molar-refractivity contribution in [2.75, 3.05) is 0 Å². The summed E-state index contributed by atoms with van der Waals surface area (Å²) in [4.78, 5) is 22.4. The summed E-state index contributed by atoms with van der Waals surface area (Å²) in [6.07, 6.45) is 1.70. The quantitative estimate of drug-likeness (QED) is 0.809. The number of carboxylic acid groups (broad SMARTS) is 1. The van der Waals surface area contributed by atoms with Gasteiger partial charge in [0.05, 0.1) is 5.92 Å². The number of aryl methyl sites for hydroxylation is 1. The van der Waals surface area contributed by atoms with Gasteiger partial charge in [0, 0.05) is 12.5 Å². The lowest BCUT2D eigenvalue weighted by molar-refractivity contribution is -0.146. The number of carbonyl (C=O) groups excluding carboxylic acids is 1. The molecule has 1 amide bonds. The van der Waals surface area contributed by atoms with Crippen molar-refractivity contribution in [3.8, 4) is 5.75 Å². The van der Waals surface area contributed by atoms with Crippen LogP contribution >= 0.6 is 0 Å². The van der Waals surface area contributed by atoms with Gasteiger partial charge in [0.25, 0.3) is 0 Å². The third kappa shape index (κ3) is 4.68. The summed E-state index contributed by atoms with van der Waals surface area (Å²) in [6, 6.07) is 6.07. The Balaban J connectivity index is 1.69. The molecule has 1 saturated carbocycles. The highest BCUT2D eigenvalue weighted by Crippen LogP contribution is 2.27. The van der Waals surface area contributed by atoms with Gasteiger partial charge in [0.1, 0.15) is 5.75 Å². The highest BCUT2D eigenvalue weighted by atomic mass is 19.3. The minimum absolute atomic E-state index is 0.0598. The molecule has 1 aliphatic rings. The van der Waals surface area contributed by atoms with Gasteiger partial charge < -0.3 is 15.2 Å². The number of hydrogen-bond donors (Lipinski definition) is 2. The lowest BCUT2D eigenvalue weighted by Crippen LogP contribution is -2.46. The molecule has 2 rings (SSSR count). The highest BCUT2D eigenvalue weighted by Gasteiger charge is 2.35. The summed E-state index contributed by atoms with van der Waals surface area (Å²) in [7, 11) is 0. The first-order chi connectivity index (χ1) is 10.4. The lowest BCUT2D eigenvalue weighted by atomic mass is 9.80. The highest BCUT2D eigenvalue weighted by molar-refractivity contribution is 5.77. The molecule has 0 spiro atoms. The summed E-state index contributed by atoms with van der Waals surface area (Å²) < 4.78 is 28.2. The summed E-state index contributed by atoms with van der Waals surface area (Å²) >= 11 is 0. The molecule has 0 heterocycles. The van der Waals surface area contributed by atoms with Crippen molar-refractivity contribution < 1.29 is 28.2 Å². The van der Waals surface area contributed by atoms with Crippen molar-refractivity contribution in [2.45, 2.75) is 38.3 Å². The van der Waals surface area contributed by atoms with Crippen LogP contribution in [-0.2, 0) is 16.0 Å². The Kier molecular flexibility index (Phi) is 5.30. The van der Waals surface area contributed by atoms with Crippen LogP contribution in [0.15, 0.2) is 24.3 Å². The lowest BCUT2D eigenvalue weighted by Gasteiger charge is -2.32. The van der Waals surface area contributed by atoms with Crippen molar-refractivity contribution in [1.29, 1.82) is 0 Å². The van der Waals surface area contributed by atoms with E-state index >= 15 is 0 Å². The second kappa shape index (κ2) is 7.20. The molecular weight excluding hydrogens is 296 g/mol. The fourth-order valence-corrected chi connectivity index (χ4v) is 2.33. The molecule has 5 nitrogen and oxygen atoms in total. The van der Waals surface area contributed by atoms with Crippen LogP contribution in [0.3, 0.4) is 0 Å². The van der Waals surface area contributed by atoms with E-state index in [9.17, 15) is 18.4 Å². The fourth-order valence-electron chi connectivity index (χ4n) is 2.33. The monoisotopic (exact) mass is 313 g/mol. The number of halogens is 2. The van der Waals surface area contributed by atoms with Gasteiger partial charge in [-0.1, -0.05) is 12.1 Å². The van der Waals surface area contributed by atoms with E-state index in [1.165, 1.54) is 12.1 Å². The van der Waals surface area contributed by atoms with Gasteiger partial charge in [-0.25, -0.2) is 0 Å². The first kappa shape index (κ1) is 16.2. The predicted octanol–water partition coefficient (Wildman–Crippen LogP) is 2.20. The zero-order valence-corrected chi connectivity index (χ0v) is 11.8. The molecule has 0 aliphatic heterocycles. The molecule has 0 saturated heterocycles. The third-order valence-electron chi connectivity index (χ3n) is 3.64. The Morgan fingerprint density at radius 3 is 2.45 bits per heavy atom. The van der Waals surface area contributed by atoms with Gasteiger partial charge >= 0.3 is 12.6 Å². The number of amides is 1. The molecule has 22 heavy (non-hydrogen) atoms. The van der Waals surface area contributed by atoms with E-state index < -0.39 is 12.6 Å². The van der Waals surface area contributed by atoms with Crippen LogP contribution in [0.1, 0.15) is 24.8 Å². The van der Waals surface area contributed by atoms with Crippen LogP contribution in [0.25, 0.3) is 0 Å². The number of hydrogen-bond acceptors (Lipinski definition) is 3. The van der Waals surface area contributed by atoms with E-state index in [-0.39, 0.29) is 30.0 Å². The molecule has 0 unspecified atom stereocenters. The van der Waals surface area contributed by atoms with E-state index in [2.05, 4.69) is 10.1 Å². The van der Waals surface area contributed by atoms with Crippen LogP contribution < -0.4 is 10.1 Å². The minimum Gasteiger partial charge on any atom is -0.481 e. The SMILES string of the molecule is O=C(CCc1ccc(OC(F)F)cc1)NC1CC(C(=O)O)C1. The van der Waals surface area contributed by atoms with Crippen molar-refractivity contribution in [3.05, 3.63) is 29.8 Å². The number of benzene rings is 1. The van der Waals surface area contributed by atoms with E-state index in [0.717, 1.165) is 5.56 Å². The second-order valence-electron chi connectivity index (χ2n) is 5.29. The molecule has 1 fully saturated rings. The normalized spacial score (nSPS) is 20.3. The molecule has 0 bridgehead atoms. The first-order valence-corrected chi connectivity index (χ1v) is 7.00.